The number of piperidine rings is 1. The monoisotopic (exact) mass is 473 g/mol. The fourth-order valence-corrected chi connectivity index (χ4v) is 5.34. The van der Waals surface area contributed by atoms with Crippen LogP contribution in [0.2, 0.25) is 0 Å². The molecule has 0 N–H and O–H groups in total. The Kier molecular flexibility index (Phi) is 8.14. The average Bonchev–Trinajstić information content (AvgIpc) is 2.84. The minimum atomic E-state index is -3.92. The van der Waals surface area contributed by atoms with Crippen molar-refractivity contribution in [3.8, 4) is 6.07 Å². The predicted octanol–water partition coefficient (Wildman–Crippen LogP) is 2.86. The van der Waals surface area contributed by atoms with Gasteiger partial charge in [-0.1, -0.05) is 30.3 Å². The molecule has 1 saturated heterocycles. The lowest BCUT2D eigenvalue weighted by Crippen LogP contribution is -2.49. The van der Waals surface area contributed by atoms with Gasteiger partial charge in [-0.05, 0) is 43.5 Å². The Morgan fingerprint density at radius 1 is 1.12 bits per heavy atom. The first-order chi connectivity index (χ1) is 15.9. The molecule has 0 bridgehead atoms. The summed E-state index contributed by atoms with van der Waals surface area (Å²) < 4.78 is 46.6. The van der Waals surface area contributed by atoms with Crippen LogP contribution in [0, 0.1) is 17.1 Å². The topological polar surface area (TPSA) is 108 Å². The van der Waals surface area contributed by atoms with Gasteiger partial charge in [0, 0.05) is 13.1 Å². The average molecular weight is 474 g/mol. The molecule has 2 aromatic rings. The molecule has 0 radical (unpaired) electrons. The summed E-state index contributed by atoms with van der Waals surface area (Å²) in [5, 5.41) is 8.87. The summed E-state index contributed by atoms with van der Waals surface area (Å²) >= 11 is 0. The van der Waals surface area contributed by atoms with Crippen molar-refractivity contribution >= 4 is 27.6 Å². The number of sulfonamides is 1. The maximum Gasteiger partial charge on any atom is 0.324 e. The smallest absolute Gasteiger partial charge is 0.324 e. The molecular formula is C23H24FN3O5S. The molecule has 33 heavy (non-hydrogen) atoms. The van der Waals surface area contributed by atoms with Crippen molar-refractivity contribution in [1.82, 2.24) is 4.31 Å². The summed E-state index contributed by atoms with van der Waals surface area (Å²) in [4.78, 5) is 26.7. The highest BCUT2D eigenvalue weighted by atomic mass is 32.2. The Bertz CT molecular complexity index is 1130. The highest BCUT2D eigenvalue weighted by Gasteiger charge is 2.39. The van der Waals surface area contributed by atoms with Gasteiger partial charge < -0.3 is 9.64 Å². The first kappa shape index (κ1) is 24.4. The van der Waals surface area contributed by atoms with E-state index < -0.39 is 40.4 Å². The number of para-hydroxylation sites is 1. The Balaban J connectivity index is 1.73. The minimum absolute atomic E-state index is 0.0280. The molecule has 3 rings (SSSR count). The number of ether oxygens (including phenoxy) is 1. The van der Waals surface area contributed by atoms with E-state index in [2.05, 4.69) is 0 Å². The highest BCUT2D eigenvalue weighted by Crippen LogP contribution is 2.26. The van der Waals surface area contributed by atoms with Gasteiger partial charge in [0.25, 0.3) is 5.91 Å². The standard InChI is InChI=1S/C23H24FN3O5S/c24-19-11-4-5-12-20(19)26(15-8-14-25)22(28)17-32-23(29)21-13-6-7-16-27(21)33(30,31)18-9-2-1-3-10-18/h1-5,9-12,21H,6-8,13,15-17H2. The molecule has 0 aromatic heterocycles. The summed E-state index contributed by atoms with van der Waals surface area (Å²) in [5.41, 5.74) is -0.0280. The number of halogens is 1. The Morgan fingerprint density at radius 3 is 2.52 bits per heavy atom. The number of carbonyl (C=O) groups is 2. The fraction of sp³-hybridized carbons (Fsp3) is 0.348. The summed E-state index contributed by atoms with van der Waals surface area (Å²) in [6.45, 7) is -0.617. The van der Waals surface area contributed by atoms with Gasteiger partial charge in [0.15, 0.2) is 6.61 Å². The molecule has 1 unspecified atom stereocenters. The van der Waals surface area contributed by atoms with Crippen LogP contribution >= 0.6 is 0 Å². The van der Waals surface area contributed by atoms with Gasteiger partial charge in [0.05, 0.1) is 23.1 Å². The third-order valence-corrected chi connectivity index (χ3v) is 7.23. The third-order valence-electron chi connectivity index (χ3n) is 5.30. The number of hydrogen-bond acceptors (Lipinski definition) is 6. The van der Waals surface area contributed by atoms with Crippen molar-refractivity contribution < 1.29 is 27.1 Å². The molecule has 1 aliphatic heterocycles. The van der Waals surface area contributed by atoms with Crippen LogP contribution < -0.4 is 4.90 Å². The fourth-order valence-electron chi connectivity index (χ4n) is 3.68. The van der Waals surface area contributed by atoms with Crippen LogP contribution in [0.25, 0.3) is 0 Å². The van der Waals surface area contributed by atoms with Crippen molar-refractivity contribution in [2.45, 2.75) is 36.6 Å². The van der Waals surface area contributed by atoms with Crippen LogP contribution in [0.4, 0.5) is 10.1 Å². The Hall–Kier alpha value is -3.29. The molecule has 2 aromatic carbocycles. The molecule has 1 fully saturated rings. The highest BCUT2D eigenvalue weighted by molar-refractivity contribution is 7.89. The van der Waals surface area contributed by atoms with Crippen LogP contribution in [0.15, 0.2) is 59.5 Å². The van der Waals surface area contributed by atoms with E-state index in [9.17, 15) is 22.4 Å². The molecule has 0 spiro atoms. The zero-order valence-electron chi connectivity index (χ0n) is 17.9. The molecule has 8 nitrogen and oxygen atoms in total. The van der Waals surface area contributed by atoms with E-state index in [4.69, 9.17) is 10.00 Å². The number of carbonyl (C=O) groups excluding carboxylic acids is 2. The third kappa shape index (κ3) is 5.74. The number of nitriles is 1. The van der Waals surface area contributed by atoms with Gasteiger partial charge >= 0.3 is 5.97 Å². The lowest BCUT2D eigenvalue weighted by molar-refractivity contribution is -0.152. The van der Waals surface area contributed by atoms with Crippen LogP contribution in [0.3, 0.4) is 0 Å². The molecule has 0 aliphatic carbocycles. The Morgan fingerprint density at radius 2 is 1.82 bits per heavy atom. The van der Waals surface area contributed by atoms with Gasteiger partial charge in [-0.2, -0.15) is 9.57 Å². The molecule has 1 atom stereocenters. The maximum absolute atomic E-state index is 14.2. The molecule has 0 saturated carbocycles. The SMILES string of the molecule is N#CCCN(C(=O)COC(=O)C1CCCCN1S(=O)(=O)c1ccccc1)c1ccccc1F. The molecule has 174 valence electrons. The van der Waals surface area contributed by atoms with Crippen molar-refractivity contribution in [2.24, 2.45) is 0 Å². The number of esters is 1. The van der Waals surface area contributed by atoms with Crippen molar-refractivity contribution in [2.75, 3.05) is 24.6 Å². The van der Waals surface area contributed by atoms with E-state index in [0.29, 0.717) is 12.8 Å². The van der Waals surface area contributed by atoms with E-state index in [-0.39, 0.29) is 36.5 Å². The van der Waals surface area contributed by atoms with Gasteiger partial charge in [-0.3, -0.25) is 9.59 Å². The van der Waals surface area contributed by atoms with Crippen molar-refractivity contribution in [3.05, 3.63) is 60.4 Å². The molecule has 1 heterocycles. The summed E-state index contributed by atoms with van der Waals surface area (Å²) in [5.74, 6) is -2.20. The van der Waals surface area contributed by atoms with Gasteiger partial charge in [-0.25, -0.2) is 12.8 Å². The number of rotatable bonds is 8. The van der Waals surface area contributed by atoms with Crippen LogP contribution in [-0.2, 0) is 24.3 Å². The number of nitrogens with zero attached hydrogens (tertiary/aromatic N) is 3. The number of anilines is 1. The van der Waals surface area contributed by atoms with E-state index in [1.54, 1.807) is 24.3 Å². The summed E-state index contributed by atoms with van der Waals surface area (Å²) in [6, 6.07) is 14.2. The Labute approximate surface area is 192 Å². The molecule has 10 heteroatoms. The van der Waals surface area contributed by atoms with Crippen LogP contribution in [0.1, 0.15) is 25.7 Å². The van der Waals surface area contributed by atoms with Crippen molar-refractivity contribution in [3.63, 3.8) is 0 Å². The van der Waals surface area contributed by atoms with Gasteiger partial charge in [0.1, 0.15) is 11.9 Å². The van der Waals surface area contributed by atoms with E-state index in [1.165, 1.54) is 30.3 Å². The first-order valence-electron chi connectivity index (χ1n) is 10.5. The second-order valence-corrected chi connectivity index (χ2v) is 9.34. The zero-order valence-corrected chi connectivity index (χ0v) is 18.7. The largest absolute Gasteiger partial charge is 0.454 e. The lowest BCUT2D eigenvalue weighted by atomic mass is 10.1. The minimum Gasteiger partial charge on any atom is -0.454 e. The van der Waals surface area contributed by atoms with Crippen molar-refractivity contribution in [1.29, 1.82) is 5.26 Å². The lowest BCUT2D eigenvalue weighted by Gasteiger charge is -2.33. The summed E-state index contributed by atoms with van der Waals surface area (Å²) in [7, 11) is -3.92. The van der Waals surface area contributed by atoms with Crippen LogP contribution in [0.5, 0.6) is 0 Å². The first-order valence-corrected chi connectivity index (χ1v) is 12.0. The second-order valence-electron chi connectivity index (χ2n) is 7.45. The second kappa shape index (κ2) is 11.0. The summed E-state index contributed by atoms with van der Waals surface area (Å²) in [6.07, 6.45) is 1.46. The van der Waals surface area contributed by atoms with E-state index in [1.807, 2.05) is 6.07 Å². The van der Waals surface area contributed by atoms with Crippen LogP contribution in [-0.4, -0.2) is 50.3 Å². The van der Waals surface area contributed by atoms with Gasteiger partial charge in [0.2, 0.25) is 10.0 Å². The number of benzene rings is 2. The van der Waals surface area contributed by atoms with Gasteiger partial charge in [-0.15, -0.1) is 0 Å². The quantitative estimate of drug-likeness (QED) is 0.546. The predicted molar refractivity (Wildman–Crippen MR) is 118 cm³/mol. The van der Waals surface area contributed by atoms with E-state index in [0.717, 1.165) is 9.21 Å². The normalized spacial score (nSPS) is 16.5. The zero-order chi connectivity index (χ0) is 23.8. The molecule has 1 aliphatic rings. The molecular weight excluding hydrogens is 449 g/mol. The molecule has 1 amide bonds. The number of amides is 1. The maximum atomic E-state index is 14.2. The number of hydrogen-bond donors (Lipinski definition) is 0. The van der Waals surface area contributed by atoms with E-state index >= 15 is 0 Å².